The quantitative estimate of drug-likeness (QED) is 0.487. The molecule has 7 nitrogen and oxygen atoms in total. The van der Waals surface area contributed by atoms with Crippen molar-refractivity contribution in [2.45, 2.75) is 6.42 Å². The van der Waals surface area contributed by atoms with Crippen LogP contribution in [0.5, 0.6) is 0 Å². The van der Waals surface area contributed by atoms with Gasteiger partial charge in [0.05, 0.1) is 6.33 Å². The second-order valence-corrected chi connectivity index (χ2v) is 3.14. The molecule has 4 N–H and O–H groups in total. The van der Waals surface area contributed by atoms with Gasteiger partial charge >= 0.3 is 5.97 Å². The first-order valence-corrected chi connectivity index (χ1v) is 4.86. The van der Waals surface area contributed by atoms with E-state index in [1.807, 2.05) is 7.05 Å². The number of carbonyl (C=O) groups is 2. The third-order valence-corrected chi connectivity index (χ3v) is 1.96. The van der Waals surface area contributed by atoms with Gasteiger partial charge in [0.15, 0.2) is 11.4 Å². The van der Waals surface area contributed by atoms with Crippen molar-refractivity contribution in [3.05, 3.63) is 17.7 Å². The lowest BCUT2D eigenvalue weighted by Gasteiger charge is -2.03. The molecule has 16 heavy (non-hydrogen) atoms. The number of rotatable bonds is 6. The number of hydrogen-bond acceptors (Lipinski definition) is 4. The van der Waals surface area contributed by atoms with Crippen LogP contribution in [0.3, 0.4) is 0 Å². The molecule has 1 amide bonds. The van der Waals surface area contributed by atoms with Crippen LogP contribution in [0.1, 0.15) is 27.4 Å². The number of hydrogen-bond donors (Lipinski definition) is 4. The van der Waals surface area contributed by atoms with Crippen molar-refractivity contribution in [3.8, 4) is 0 Å². The number of nitrogens with one attached hydrogen (secondary N) is 3. The highest BCUT2D eigenvalue weighted by Gasteiger charge is 2.18. The Kier molecular flexibility index (Phi) is 4.46. The number of imidazole rings is 1. The topological polar surface area (TPSA) is 107 Å². The Morgan fingerprint density at radius 2 is 2.25 bits per heavy atom. The van der Waals surface area contributed by atoms with Crippen molar-refractivity contribution < 1.29 is 14.7 Å². The minimum Gasteiger partial charge on any atom is -0.477 e. The zero-order valence-electron chi connectivity index (χ0n) is 8.91. The second kappa shape index (κ2) is 5.86. The number of nitrogens with zero attached hydrogens (tertiary/aromatic N) is 1. The number of carboxylic acids is 1. The SMILES string of the molecule is CNCCCNC(=O)c1nc[nH]c1C(=O)O. The van der Waals surface area contributed by atoms with Crippen LogP contribution in [0.15, 0.2) is 6.33 Å². The number of aromatic nitrogens is 2. The molecule has 88 valence electrons. The molecule has 0 unspecified atom stereocenters. The molecule has 0 aliphatic heterocycles. The average Bonchev–Trinajstić information content (AvgIpc) is 2.73. The smallest absolute Gasteiger partial charge is 0.354 e. The highest BCUT2D eigenvalue weighted by Crippen LogP contribution is 2.02. The maximum absolute atomic E-state index is 11.5. The van der Waals surface area contributed by atoms with Crippen molar-refractivity contribution >= 4 is 11.9 Å². The third-order valence-electron chi connectivity index (χ3n) is 1.96. The molecule has 0 spiro atoms. The van der Waals surface area contributed by atoms with E-state index in [-0.39, 0.29) is 11.4 Å². The largest absolute Gasteiger partial charge is 0.477 e. The molecular weight excluding hydrogens is 212 g/mol. The number of carboxylic acid groups (broad SMARTS) is 1. The number of amides is 1. The first-order valence-electron chi connectivity index (χ1n) is 4.86. The van der Waals surface area contributed by atoms with Gasteiger partial charge in [0.25, 0.3) is 5.91 Å². The Hall–Kier alpha value is -1.89. The van der Waals surface area contributed by atoms with Gasteiger partial charge in [-0.15, -0.1) is 0 Å². The van der Waals surface area contributed by atoms with Gasteiger partial charge in [-0.25, -0.2) is 9.78 Å². The molecule has 0 saturated heterocycles. The highest BCUT2D eigenvalue weighted by atomic mass is 16.4. The number of aromatic amines is 1. The second-order valence-electron chi connectivity index (χ2n) is 3.14. The molecule has 1 aromatic heterocycles. The normalized spacial score (nSPS) is 10.1. The monoisotopic (exact) mass is 226 g/mol. The zero-order chi connectivity index (χ0) is 12.0. The molecule has 0 fully saturated rings. The summed E-state index contributed by atoms with van der Waals surface area (Å²) in [5.41, 5.74) is -0.275. The Morgan fingerprint density at radius 1 is 1.50 bits per heavy atom. The van der Waals surface area contributed by atoms with Crippen molar-refractivity contribution in [3.63, 3.8) is 0 Å². The summed E-state index contributed by atoms with van der Waals surface area (Å²) < 4.78 is 0. The van der Waals surface area contributed by atoms with E-state index in [0.29, 0.717) is 6.54 Å². The molecule has 0 saturated carbocycles. The van der Waals surface area contributed by atoms with Gasteiger partial charge in [0.2, 0.25) is 0 Å². The Labute approximate surface area is 92.3 Å². The number of carbonyl (C=O) groups excluding carboxylic acids is 1. The first kappa shape index (κ1) is 12.2. The summed E-state index contributed by atoms with van der Waals surface area (Å²) in [5, 5.41) is 14.3. The zero-order valence-corrected chi connectivity index (χ0v) is 8.91. The summed E-state index contributed by atoms with van der Waals surface area (Å²) >= 11 is 0. The molecule has 0 radical (unpaired) electrons. The van der Waals surface area contributed by atoms with Gasteiger partial charge < -0.3 is 20.7 Å². The van der Waals surface area contributed by atoms with E-state index >= 15 is 0 Å². The van der Waals surface area contributed by atoms with Crippen LogP contribution >= 0.6 is 0 Å². The van der Waals surface area contributed by atoms with Crippen LogP contribution in [-0.4, -0.2) is 47.1 Å². The predicted octanol–water partition coefficient (Wildman–Crippen LogP) is -0.553. The van der Waals surface area contributed by atoms with Crippen molar-refractivity contribution in [2.75, 3.05) is 20.1 Å². The molecule has 0 aromatic carbocycles. The van der Waals surface area contributed by atoms with Gasteiger partial charge in [-0.3, -0.25) is 4.79 Å². The van der Waals surface area contributed by atoms with Crippen LogP contribution in [0, 0.1) is 0 Å². The van der Waals surface area contributed by atoms with E-state index < -0.39 is 11.9 Å². The number of H-pyrrole nitrogens is 1. The summed E-state index contributed by atoms with van der Waals surface area (Å²) in [6.45, 7) is 1.26. The lowest BCUT2D eigenvalue weighted by molar-refractivity contribution is 0.0685. The lowest BCUT2D eigenvalue weighted by atomic mass is 10.3. The van der Waals surface area contributed by atoms with Crippen molar-refractivity contribution in [1.29, 1.82) is 0 Å². The Balaban J connectivity index is 2.53. The van der Waals surface area contributed by atoms with Gasteiger partial charge in [-0.1, -0.05) is 0 Å². The van der Waals surface area contributed by atoms with Crippen LogP contribution in [0.4, 0.5) is 0 Å². The summed E-state index contributed by atoms with van der Waals surface area (Å²) in [4.78, 5) is 28.3. The molecule has 0 aliphatic rings. The van der Waals surface area contributed by atoms with E-state index in [4.69, 9.17) is 5.11 Å². The maximum atomic E-state index is 11.5. The Morgan fingerprint density at radius 3 is 2.88 bits per heavy atom. The number of aromatic carboxylic acids is 1. The molecule has 0 atom stereocenters. The average molecular weight is 226 g/mol. The lowest BCUT2D eigenvalue weighted by Crippen LogP contribution is -2.28. The fraction of sp³-hybridized carbons (Fsp3) is 0.444. The molecular formula is C9H14N4O3. The summed E-state index contributed by atoms with van der Waals surface area (Å²) in [6.07, 6.45) is 1.96. The molecule has 0 bridgehead atoms. The molecule has 1 rings (SSSR count). The van der Waals surface area contributed by atoms with Crippen LogP contribution < -0.4 is 10.6 Å². The molecule has 1 heterocycles. The van der Waals surface area contributed by atoms with Gasteiger partial charge in [-0.05, 0) is 20.0 Å². The molecule has 1 aromatic rings. The third kappa shape index (κ3) is 3.06. The maximum Gasteiger partial charge on any atom is 0.354 e. The highest BCUT2D eigenvalue weighted by molar-refractivity contribution is 6.02. The van der Waals surface area contributed by atoms with Gasteiger partial charge in [0.1, 0.15) is 0 Å². The van der Waals surface area contributed by atoms with Crippen molar-refractivity contribution in [1.82, 2.24) is 20.6 Å². The van der Waals surface area contributed by atoms with E-state index in [9.17, 15) is 9.59 Å². The summed E-state index contributed by atoms with van der Waals surface area (Å²) in [7, 11) is 1.82. The van der Waals surface area contributed by atoms with Crippen LogP contribution in [0.25, 0.3) is 0 Å². The summed E-state index contributed by atoms with van der Waals surface area (Å²) in [6, 6.07) is 0. The van der Waals surface area contributed by atoms with Crippen molar-refractivity contribution in [2.24, 2.45) is 0 Å². The summed E-state index contributed by atoms with van der Waals surface area (Å²) in [5.74, 6) is -1.67. The van der Waals surface area contributed by atoms with Crippen LogP contribution in [0.2, 0.25) is 0 Å². The fourth-order valence-electron chi connectivity index (χ4n) is 1.18. The van der Waals surface area contributed by atoms with E-state index in [0.717, 1.165) is 13.0 Å². The molecule has 7 heteroatoms. The van der Waals surface area contributed by atoms with Crippen LogP contribution in [-0.2, 0) is 0 Å². The van der Waals surface area contributed by atoms with Gasteiger partial charge in [-0.2, -0.15) is 0 Å². The predicted molar refractivity (Wildman–Crippen MR) is 56.4 cm³/mol. The minimum atomic E-state index is -1.20. The van der Waals surface area contributed by atoms with E-state index in [2.05, 4.69) is 20.6 Å². The standard InChI is InChI=1S/C9H14N4O3/c1-10-3-2-4-11-8(14)6-7(9(15)16)13-5-12-6/h5,10H,2-4H2,1H3,(H,11,14)(H,12,13)(H,15,16). The first-order chi connectivity index (χ1) is 7.66. The van der Waals surface area contributed by atoms with E-state index in [1.54, 1.807) is 0 Å². The Bertz CT molecular complexity index is 375. The molecule has 0 aliphatic carbocycles. The van der Waals surface area contributed by atoms with E-state index in [1.165, 1.54) is 6.33 Å². The fourth-order valence-corrected chi connectivity index (χ4v) is 1.18. The van der Waals surface area contributed by atoms with Gasteiger partial charge in [0, 0.05) is 6.54 Å². The minimum absolute atomic E-state index is 0.0862.